The number of carboxylic acid groups (broad SMARTS) is 1. The molecule has 0 aliphatic carbocycles. The molecule has 16 heavy (non-hydrogen) atoms. The van der Waals surface area contributed by atoms with Crippen LogP contribution < -0.4 is 0 Å². The van der Waals surface area contributed by atoms with Gasteiger partial charge in [-0.2, -0.15) is 0 Å². The number of hydrogen-bond donors (Lipinski definition) is 1. The lowest BCUT2D eigenvalue weighted by molar-refractivity contribution is -0.136. The van der Waals surface area contributed by atoms with E-state index in [1.165, 1.54) is 0 Å². The number of halogens is 4. The van der Waals surface area contributed by atoms with E-state index in [1.807, 2.05) is 0 Å². The molecule has 0 unspecified atom stereocenters. The Morgan fingerprint density at radius 2 is 2.19 bits per heavy atom. The minimum absolute atomic E-state index is 0.152. The van der Waals surface area contributed by atoms with E-state index in [0.29, 0.717) is 0 Å². The minimum Gasteiger partial charge on any atom is -0.481 e. The average molecular weight is 298 g/mol. The maximum absolute atomic E-state index is 13.4. The summed E-state index contributed by atoms with van der Waals surface area (Å²) in [6.45, 7) is 0. The molecular weight excluding hydrogens is 291 g/mol. The van der Waals surface area contributed by atoms with Gasteiger partial charge in [-0.1, -0.05) is 15.9 Å². The van der Waals surface area contributed by atoms with Crippen molar-refractivity contribution in [2.45, 2.75) is 18.2 Å². The largest absolute Gasteiger partial charge is 0.481 e. The first-order valence-electron chi connectivity index (χ1n) is 4.19. The third kappa shape index (κ3) is 2.94. The number of carboxylic acids is 1. The number of aromatic nitrogens is 1. The van der Waals surface area contributed by atoms with E-state index in [9.17, 15) is 18.0 Å². The van der Waals surface area contributed by atoms with Crippen LogP contribution in [0.2, 0.25) is 0 Å². The first-order valence-corrected chi connectivity index (χ1v) is 5.32. The van der Waals surface area contributed by atoms with Crippen LogP contribution in [0.25, 0.3) is 0 Å². The van der Waals surface area contributed by atoms with Gasteiger partial charge >= 0.3 is 5.97 Å². The van der Waals surface area contributed by atoms with Crippen LogP contribution in [-0.2, 0) is 16.5 Å². The summed E-state index contributed by atoms with van der Waals surface area (Å²) >= 11 is 2.99. The summed E-state index contributed by atoms with van der Waals surface area (Å²) in [6.07, 6.45) is -3.71. The van der Waals surface area contributed by atoms with Crippen molar-refractivity contribution in [2.75, 3.05) is 0 Å². The molecule has 0 spiro atoms. The van der Waals surface area contributed by atoms with Gasteiger partial charge in [0.25, 0.3) is 6.43 Å². The first kappa shape index (κ1) is 13.0. The van der Waals surface area contributed by atoms with Gasteiger partial charge in [0, 0.05) is 10.9 Å². The molecule has 0 aromatic carbocycles. The number of pyridine rings is 1. The van der Waals surface area contributed by atoms with Crippen molar-refractivity contribution in [3.8, 4) is 0 Å². The monoisotopic (exact) mass is 297 g/mol. The third-order valence-electron chi connectivity index (χ3n) is 1.80. The van der Waals surface area contributed by atoms with Crippen LogP contribution in [0.15, 0.2) is 6.07 Å². The molecule has 0 bridgehead atoms. The van der Waals surface area contributed by atoms with Crippen LogP contribution in [0.3, 0.4) is 0 Å². The predicted octanol–water partition coefficient (Wildman–Crippen LogP) is 2.68. The van der Waals surface area contributed by atoms with Gasteiger partial charge in [-0.15, -0.1) is 0 Å². The van der Waals surface area contributed by atoms with Crippen LogP contribution >= 0.6 is 15.9 Å². The molecule has 0 radical (unpaired) electrons. The summed E-state index contributed by atoms with van der Waals surface area (Å²) in [5.74, 6) is -2.53. The van der Waals surface area contributed by atoms with Gasteiger partial charge in [-0.05, 0) is 6.07 Å². The molecule has 0 saturated carbocycles. The van der Waals surface area contributed by atoms with Gasteiger partial charge in [0.2, 0.25) is 0 Å². The molecule has 7 heteroatoms. The molecule has 1 rings (SSSR count). The zero-order chi connectivity index (χ0) is 12.3. The smallest absolute Gasteiger partial charge is 0.307 e. The molecule has 0 aliphatic rings. The normalized spacial score (nSPS) is 10.8. The highest BCUT2D eigenvalue weighted by atomic mass is 79.9. The van der Waals surface area contributed by atoms with E-state index in [-0.39, 0.29) is 16.6 Å². The molecule has 0 amide bonds. The second-order valence-corrected chi connectivity index (χ2v) is 3.54. The highest BCUT2D eigenvalue weighted by Crippen LogP contribution is 2.24. The SMILES string of the molecule is O=C(O)Cc1cc(CBr)nc(C(F)F)c1F. The molecule has 1 heterocycles. The summed E-state index contributed by atoms with van der Waals surface area (Å²) < 4.78 is 38.2. The molecule has 0 saturated heterocycles. The summed E-state index contributed by atoms with van der Waals surface area (Å²) in [5.41, 5.74) is -1.12. The minimum atomic E-state index is -3.06. The topological polar surface area (TPSA) is 50.2 Å². The fourth-order valence-electron chi connectivity index (χ4n) is 1.17. The van der Waals surface area contributed by atoms with Crippen LogP contribution in [0.5, 0.6) is 0 Å². The molecule has 0 fully saturated rings. The summed E-state index contributed by atoms with van der Waals surface area (Å²) in [6, 6.07) is 1.16. The standard InChI is InChI=1S/C9H7BrF3NO2/c10-3-5-1-4(2-6(15)16)7(11)8(14-5)9(12)13/h1,9H,2-3H2,(H,15,16). The molecular formula is C9H7BrF3NO2. The average Bonchev–Trinajstić information content (AvgIpc) is 2.19. The Hall–Kier alpha value is -1.11. The van der Waals surface area contributed by atoms with Gasteiger partial charge in [0.05, 0.1) is 12.1 Å². The maximum atomic E-state index is 13.4. The van der Waals surface area contributed by atoms with Gasteiger partial charge in [0.15, 0.2) is 5.82 Å². The van der Waals surface area contributed by atoms with Crippen molar-refractivity contribution < 1.29 is 23.1 Å². The van der Waals surface area contributed by atoms with Crippen LogP contribution in [0.4, 0.5) is 13.2 Å². The summed E-state index contributed by atoms with van der Waals surface area (Å²) in [4.78, 5) is 13.8. The van der Waals surface area contributed by atoms with Crippen LogP contribution in [0.1, 0.15) is 23.4 Å². The van der Waals surface area contributed by atoms with E-state index >= 15 is 0 Å². The number of alkyl halides is 3. The Morgan fingerprint density at radius 1 is 1.56 bits per heavy atom. The first-order chi connectivity index (χ1) is 7.45. The molecule has 1 aromatic heterocycles. The van der Waals surface area contributed by atoms with Crippen molar-refractivity contribution in [1.29, 1.82) is 0 Å². The molecule has 0 aliphatic heterocycles. The Bertz CT molecular complexity index is 412. The third-order valence-corrected chi connectivity index (χ3v) is 2.37. The Morgan fingerprint density at radius 3 is 2.62 bits per heavy atom. The number of carbonyl (C=O) groups is 1. The van der Waals surface area contributed by atoms with Crippen molar-refractivity contribution in [3.05, 3.63) is 28.8 Å². The quantitative estimate of drug-likeness (QED) is 0.869. The second kappa shape index (κ2) is 5.29. The lowest BCUT2D eigenvalue weighted by Gasteiger charge is -2.07. The van der Waals surface area contributed by atoms with Crippen molar-refractivity contribution in [1.82, 2.24) is 4.98 Å². The van der Waals surface area contributed by atoms with E-state index in [4.69, 9.17) is 5.11 Å². The van der Waals surface area contributed by atoms with Gasteiger partial charge < -0.3 is 5.11 Å². The molecule has 1 N–H and O–H groups in total. The molecule has 0 atom stereocenters. The Balaban J connectivity index is 3.25. The van der Waals surface area contributed by atoms with Crippen molar-refractivity contribution in [3.63, 3.8) is 0 Å². The Kier molecular flexibility index (Phi) is 4.28. The number of aliphatic carboxylic acids is 1. The number of nitrogens with zero attached hydrogens (tertiary/aromatic N) is 1. The zero-order valence-corrected chi connectivity index (χ0v) is 9.47. The van der Waals surface area contributed by atoms with E-state index in [2.05, 4.69) is 20.9 Å². The van der Waals surface area contributed by atoms with E-state index in [1.54, 1.807) is 0 Å². The fourth-order valence-corrected chi connectivity index (χ4v) is 1.46. The lowest BCUT2D eigenvalue weighted by Crippen LogP contribution is -2.08. The highest BCUT2D eigenvalue weighted by Gasteiger charge is 2.21. The molecule has 3 nitrogen and oxygen atoms in total. The van der Waals surface area contributed by atoms with Crippen LogP contribution in [-0.4, -0.2) is 16.1 Å². The van der Waals surface area contributed by atoms with Crippen molar-refractivity contribution in [2.24, 2.45) is 0 Å². The Labute approximate surface area is 97.4 Å². The van der Waals surface area contributed by atoms with Gasteiger partial charge in [0.1, 0.15) is 5.69 Å². The number of hydrogen-bond acceptors (Lipinski definition) is 2. The van der Waals surface area contributed by atoms with Crippen LogP contribution in [0, 0.1) is 5.82 Å². The fraction of sp³-hybridized carbons (Fsp3) is 0.333. The van der Waals surface area contributed by atoms with Gasteiger partial charge in [-0.3, -0.25) is 4.79 Å². The summed E-state index contributed by atoms with van der Waals surface area (Å²) in [7, 11) is 0. The maximum Gasteiger partial charge on any atom is 0.307 e. The zero-order valence-electron chi connectivity index (χ0n) is 7.88. The van der Waals surface area contributed by atoms with E-state index in [0.717, 1.165) is 6.07 Å². The predicted molar refractivity (Wildman–Crippen MR) is 53.1 cm³/mol. The number of rotatable bonds is 4. The molecule has 1 aromatic rings. The molecule has 88 valence electrons. The van der Waals surface area contributed by atoms with Crippen molar-refractivity contribution >= 4 is 21.9 Å². The summed E-state index contributed by atoms with van der Waals surface area (Å²) in [5, 5.41) is 8.65. The highest BCUT2D eigenvalue weighted by molar-refractivity contribution is 9.08. The van der Waals surface area contributed by atoms with Gasteiger partial charge in [-0.25, -0.2) is 18.2 Å². The lowest BCUT2D eigenvalue weighted by atomic mass is 10.1. The van der Waals surface area contributed by atoms with E-state index < -0.39 is 30.3 Å². The second-order valence-electron chi connectivity index (χ2n) is 2.98.